The van der Waals surface area contributed by atoms with Crippen molar-refractivity contribution >= 4 is 0 Å². The molecule has 0 atom stereocenters. The van der Waals surface area contributed by atoms with Crippen LogP contribution in [0, 0.1) is 6.92 Å². The number of hydrogen-bond acceptors (Lipinski definition) is 4. The van der Waals surface area contributed by atoms with E-state index >= 15 is 0 Å². The van der Waals surface area contributed by atoms with Crippen LogP contribution in [0.4, 0.5) is 0 Å². The Morgan fingerprint density at radius 1 is 0.622 bits per heavy atom. The standard InChI is InChI=1S/C32H36NO4/c1-6-36-28-13-9-25(10-14-28)27-20-23(3)33(19-18-24-8-17-31(34-4)32(21-24)35-5)30(22-27)26-11-15-29(16-12-26)37-7-2/h8-17,20-22H,6-7,18-19H2,1-5H3/q+1. The highest BCUT2D eigenvalue weighted by atomic mass is 16.5. The second-order valence-corrected chi connectivity index (χ2v) is 8.78. The van der Waals surface area contributed by atoms with E-state index in [-0.39, 0.29) is 0 Å². The van der Waals surface area contributed by atoms with Gasteiger partial charge in [0.15, 0.2) is 23.7 Å². The summed E-state index contributed by atoms with van der Waals surface area (Å²) in [7, 11) is 3.33. The number of rotatable bonds is 11. The maximum absolute atomic E-state index is 5.68. The van der Waals surface area contributed by atoms with Crippen molar-refractivity contribution in [3.05, 3.63) is 90.1 Å². The second-order valence-electron chi connectivity index (χ2n) is 8.78. The SMILES string of the molecule is CCOc1ccc(-c2cc(C)[n+](CCc3ccc(OC)c(OC)c3)c(-c3ccc(OCC)cc3)c2)cc1. The Hall–Kier alpha value is -3.99. The summed E-state index contributed by atoms with van der Waals surface area (Å²) in [6.07, 6.45) is 0.859. The normalized spacial score (nSPS) is 10.7. The summed E-state index contributed by atoms with van der Waals surface area (Å²) in [6, 6.07) is 27.3. The van der Waals surface area contributed by atoms with E-state index in [0.29, 0.717) is 13.2 Å². The first-order chi connectivity index (χ1) is 18.1. The van der Waals surface area contributed by atoms with Crippen molar-refractivity contribution < 1.29 is 23.5 Å². The predicted octanol–water partition coefficient (Wildman–Crippen LogP) is 6.67. The summed E-state index contributed by atoms with van der Waals surface area (Å²) in [6.45, 7) is 8.30. The maximum atomic E-state index is 5.68. The van der Waals surface area contributed by atoms with Crippen molar-refractivity contribution in [1.82, 2.24) is 0 Å². The van der Waals surface area contributed by atoms with Crippen LogP contribution in [0.1, 0.15) is 25.1 Å². The lowest BCUT2D eigenvalue weighted by Gasteiger charge is -2.13. The van der Waals surface area contributed by atoms with Gasteiger partial charge in [-0.1, -0.05) is 18.2 Å². The van der Waals surface area contributed by atoms with Crippen LogP contribution in [0.2, 0.25) is 0 Å². The van der Waals surface area contributed by atoms with Gasteiger partial charge in [0.05, 0.1) is 27.4 Å². The smallest absolute Gasteiger partial charge is 0.213 e. The zero-order valence-electron chi connectivity index (χ0n) is 22.4. The second kappa shape index (κ2) is 12.3. The molecule has 5 nitrogen and oxygen atoms in total. The first kappa shape index (κ1) is 26.1. The quantitative estimate of drug-likeness (QED) is 0.217. The lowest BCUT2D eigenvalue weighted by molar-refractivity contribution is -0.691. The summed E-state index contributed by atoms with van der Waals surface area (Å²) < 4.78 is 24.6. The Labute approximate surface area is 220 Å². The number of benzene rings is 3. The fraction of sp³-hybridized carbons (Fsp3) is 0.281. The first-order valence-electron chi connectivity index (χ1n) is 12.8. The van der Waals surface area contributed by atoms with Crippen LogP contribution in [0.5, 0.6) is 23.0 Å². The van der Waals surface area contributed by atoms with Crippen LogP contribution >= 0.6 is 0 Å². The van der Waals surface area contributed by atoms with Crippen LogP contribution < -0.4 is 23.5 Å². The molecule has 3 aromatic carbocycles. The molecule has 1 heterocycles. The number of pyridine rings is 1. The number of aromatic nitrogens is 1. The third kappa shape index (κ3) is 6.23. The Bertz CT molecular complexity index is 1310. The van der Waals surface area contributed by atoms with Gasteiger partial charge in [0.2, 0.25) is 5.69 Å². The minimum atomic E-state index is 0.650. The molecule has 192 valence electrons. The summed E-state index contributed by atoms with van der Waals surface area (Å²) in [5.41, 5.74) is 7.02. The fourth-order valence-electron chi connectivity index (χ4n) is 4.54. The van der Waals surface area contributed by atoms with E-state index in [4.69, 9.17) is 18.9 Å². The third-order valence-corrected chi connectivity index (χ3v) is 6.40. The molecule has 0 saturated carbocycles. The molecule has 4 rings (SSSR count). The van der Waals surface area contributed by atoms with E-state index in [1.54, 1.807) is 14.2 Å². The molecule has 4 aromatic rings. The Morgan fingerprint density at radius 3 is 1.78 bits per heavy atom. The van der Waals surface area contributed by atoms with Gasteiger partial charge < -0.3 is 18.9 Å². The number of aryl methyl sites for hydroxylation is 2. The van der Waals surface area contributed by atoms with E-state index in [1.165, 1.54) is 16.8 Å². The lowest BCUT2D eigenvalue weighted by atomic mass is 10.0. The Morgan fingerprint density at radius 2 is 1.22 bits per heavy atom. The monoisotopic (exact) mass is 498 g/mol. The summed E-state index contributed by atoms with van der Waals surface area (Å²) in [5, 5.41) is 0. The molecule has 0 bridgehead atoms. The predicted molar refractivity (Wildman–Crippen MR) is 148 cm³/mol. The van der Waals surface area contributed by atoms with Crippen molar-refractivity contribution in [3.63, 3.8) is 0 Å². The van der Waals surface area contributed by atoms with Crippen LogP contribution in [-0.2, 0) is 13.0 Å². The minimum absolute atomic E-state index is 0.650. The lowest BCUT2D eigenvalue weighted by Crippen LogP contribution is -2.40. The van der Waals surface area contributed by atoms with Crippen LogP contribution in [0.3, 0.4) is 0 Å². The van der Waals surface area contributed by atoms with E-state index < -0.39 is 0 Å². The molecule has 0 fully saturated rings. The first-order valence-corrected chi connectivity index (χ1v) is 12.8. The van der Waals surface area contributed by atoms with E-state index in [2.05, 4.69) is 60.0 Å². The maximum Gasteiger partial charge on any atom is 0.213 e. The van der Waals surface area contributed by atoms with Gasteiger partial charge in [0.1, 0.15) is 11.5 Å². The van der Waals surface area contributed by atoms with Crippen LogP contribution in [0.15, 0.2) is 78.9 Å². The number of methoxy groups -OCH3 is 2. The van der Waals surface area contributed by atoms with Gasteiger partial charge in [-0.15, -0.1) is 0 Å². The zero-order valence-corrected chi connectivity index (χ0v) is 22.4. The average Bonchev–Trinajstić information content (AvgIpc) is 2.93. The van der Waals surface area contributed by atoms with Gasteiger partial charge in [-0.05, 0) is 79.1 Å². The Balaban J connectivity index is 1.71. The largest absolute Gasteiger partial charge is 0.494 e. The highest BCUT2D eigenvalue weighted by molar-refractivity contribution is 5.70. The molecule has 0 N–H and O–H groups in total. The molecule has 37 heavy (non-hydrogen) atoms. The van der Waals surface area contributed by atoms with Crippen LogP contribution in [-0.4, -0.2) is 27.4 Å². The average molecular weight is 499 g/mol. The van der Waals surface area contributed by atoms with E-state index in [0.717, 1.165) is 52.8 Å². The highest BCUT2D eigenvalue weighted by Crippen LogP contribution is 2.30. The molecule has 5 heteroatoms. The molecular weight excluding hydrogens is 462 g/mol. The van der Waals surface area contributed by atoms with Crippen molar-refractivity contribution in [2.75, 3.05) is 27.4 Å². The van der Waals surface area contributed by atoms with Crippen molar-refractivity contribution in [2.45, 2.75) is 33.7 Å². The molecule has 0 unspecified atom stereocenters. The van der Waals surface area contributed by atoms with Gasteiger partial charge in [-0.25, -0.2) is 0 Å². The summed E-state index contributed by atoms with van der Waals surface area (Å²) in [5.74, 6) is 3.25. The van der Waals surface area contributed by atoms with Gasteiger partial charge in [-0.2, -0.15) is 4.57 Å². The van der Waals surface area contributed by atoms with E-state index in [9.17, 15) is 0 Å². The molecule has 0 amide bonds. The van der Waals surface area contributed by atoms with E-state index in [1.807, 2.05) is 44.2 Å². The molecule has 0 radical (unpaired) electrons. The zero-order chi connectivity index (χ0) is 26.2. The minimum Gasteiger partial charge on any atom is -0.494 e. The van der Waals surface area contributed by atoms with Gasteiger partial charge in [0, 0.05) is 31.0 Å². The van der Waals surface area contributed by atoms with Crippen molar-refractivity contribution in [1.29, 1.82) is 0 Å². The molecule has 0 aliphatic heterocycles. The molecule has 0 aliphatic rings. The Kier molecular flexibility index (Phi) is 8.68. The molecular formula is C32H36NO4+. The fourth-order valence-corrected chi connectivity index (χ4v) is 4.54. The number of ether oxygens (including phenoxy) is 4. The van der Waals surface area contributed by atoms with Crippen molar-refractivity contribution in [2.24, 2.45) is 0 Å². The summed E-state index contributed by atoms with van der Waals surface area (Å²) >= 11 is 0. The van der Waals surface area contributed by atoms with Gasteiger partial charge in [0.25, 0.3) is 0 Å². The van der Waals surface area contributed by atoms with Gasteiger partial charge >= 0.3 is 0 Å². The van der Waals surface area contributed by atoms with Crippen molar-refractivity contribution in [3.8, 4) is 45.4 Å². The topological polar surface area (TPSA) is 40.8 Å². The molecule has 0 spiro atoms. The molecule has 0 saturated heterocycles. The third-order valence-electron chi connectivity index (χ3n) is 6.40. The number of nitrogens with zero attached hydrogens (tertiary/aromatic N) is 1. The number of hydrogen-bond donors (Lipinski definition) is 0. The molecule has 0 aliphatic carbocycles. The highest BCUT2D eigenvalue weighted by Gasteiger charge is 2.20. The van der Waals surface area contributed by atoms with Crippen LogP contribution in [0.25, 0.3) is 22.4 Å². The van der Waals surface area contributed by atoms with Gasteiger partial charge in [-0.3, -0.25) is 0 Å². The summed E-state index contributed by atoms with van der Waals surface area (Å²) in [4.78, 5) is 0. The molecule has 1 aromatic heterocycles.